The zero-order chi connectivity index (χ0) is 18.4. The summed E-state index contributed by atoms with van der Waals surface area (Å²) in [6.45, 7) is 3.80. The van der Waals surface area contributed by atoms with Crippen LogP contribution in [0.1, 0.15) is 32.3 Å². The van der Waals surface area contributed by atoms with E-state index in [2.05, 4.69) is 10.5 Å². The molecule has 1 aromatic carbocycles. The molecule has 3 atom stereocenters. The van der Waals surface area contributed by atoms with Gasteiger partial charge in [0.1, 0.15) is 11.9 Å². The molecule has 0 saturated heterocycles. The summed E-state index contributed by atoms with van der Waals surface area (Å²) in [5, 5.41) is 6.63. The lowest BCUT2D eigenvalue weighted by Gasteiger charge is -2.22. The Bertz CT molecular complexity index is 645. The van der Waals surface area contributed by atoms with Crippen molar-refractivity contribution >= 4 is 17.6 Å². The molecular formula is C18H23FN2O4. The number of nitrogens with one attached hydrogen (secondary N) is 1. The monoisotopic (exact) mass is 350 g/mol. The maximum Gasteiger partial charge on any atom is 0.328 e. The quantitative estimate of drug-likeness (QED) is 0.765. The normalized spacial score (nSPS) is 18.7. The molecular weight excluding hydrogens is 327 g/mol. The third-order valence-electron chi connectivity index (χ3n) is 4.31. The van der Waals surface area contributed by atoms with Crippen molar-refractivity contribution in [3.8, 4) is 0 Å². The van der Waals surface area contributed by atoms with E-state index in [1.54, 1.807) is 12.1 Å². The third-order valence-corrected chi connectivity index (χ3v) is 4.31. The lowest BCUT2D eigenvalue weighted by Crippen LogP contribution is -2.49. The van der Waals surface area contributed by atoms with Crippen LogP contribution in [0.3, 0.4) is 0 Å². The van der Waals surface area contributed by atoms with Crippen molar-refractivity contribution in [3.63, 3.8) is 0 Å². The summed E-state index contributed by atoms with van der Waals surface area (Å²) in [5.74, 6) is -1.23. The molecule has 1 aliphatic heterocycles. The Morgan fingerprint density at radius 3 is 2.68 bits per heavy atom. The molecule has 136 valence electrons. The second kappa shape index (κ2) is 8.60. The van der Waals surface area contributed by atoms with E-state index >= 15 is 0 Å². The van der Waals surface area contributed by atoms with E-state index in [0.717, 1.165) is 12.0 Å². The van der Waals surface area contributed by atoms with Gasteiger partial charge in [0.15, 0.2) is 0 Å². The molecule has 1 aromatic rings. The molecule has 6 nitrogen and oxygen atoms in total. The molecule has 7 heteroatoms. The molecule has 0 radical (unpaired) electrons. The van der Waals surface area contributed by atoms with Crippen LogP contribution in [0.25, 0.3) is 0 Å². The van der Waals surface area contributed by atoms with Gasteiger partial charge >= 0.3 is 5.97 Å². The maximum absolute atomic E-state index is 12.9. The summed E-state index contributed by atoms with van der Waals surface area (Å²) in [7, 11) is 1.29. The van der Waals surface area contributed by atoms with E-state index in [0.29, 0.717) is 18.6 Å². The highest BCUT2D eigenvalue weighted by molar-refractivity contribution is 5.95. The number of hydrogen-bond acceptors (Lipinski definition) is 5. The van der Waals surface area contributed by atoms with Crippen LogP contribution in [-0.4, -0.2) is 36.8 Å². The van der Waals surface area contributed by atoms with Gasteiger partial charge in [-0.3, -0.25) is 4.79 Å². The summed E-state index contributed by atoms with van der Waals surface area (Å²) >= 11 is 0. The van der Waals surface area contributed by atoms with Crippen LogP contribution < -0.4 is 5.32 Å². The fourth-order valence-corrected chi connectivity index (χ4v) is 2.55. The first-order chi connectivity index (χ1) is 11.9. The van der Waals surface area contributed by atoms with Gasteiger partial charge < -0.3 is 14.9 Å². The Kier molecular flexibility index (Phi) is 6.50. The van der Waals surface area contributed by atoms with Crippen LogP contribution >= 0.6 is 0 Å². The molecule has 0 aromatic heterocycles. The first-order valence-corrected chi connectivity index (χ1v) is 8.28. The van der Waals surface area contributed by atoms with Crippen LogP contribution in [0, 0.1) is 11.7 Å². The highest BCUT2D eigenvalue weighted by Crippen LogP contribution is 2.17. The predicted molar refractivity (Wildman–Crippen MR) is 90.4 cm³/mol. The number of amides is 1. The molecule has 25 heavy (non-hydrogen) atoms. The van der Waals surface area contributed by atoms with Crippen LogP contribution in [0.2, 0.25) is 0 Å². The second-order valence-corrected chi connectivity index (χ2v) is 6.15. The molecule has 0 unspecified atom stereocenters. The molecule has 1 N–H and O–H groups in total. The highest BCUT2D eigenvalue weighted by Gasteiger charge is 2.33. The molecule has 1 amide bonds. The van der Waals surface area contributed by atoms with Crippen LogP contribution in [0.5, 0.6) is 0 Å². The number of esters is 1. The zero-order valence-electron chi connectivity index (χ0n) is 14.6. The van der Waals surface area contributed by atoms with Gasteiger partial charge in [0.25, 0.3) is 5.91 Å². The lowest BCUT2D eigenvalue weighted by atomic mass is 9.98. The summed E-state index contributed by atoms with van der Waals surface area (Å²) < 4.78 is 17.7. The standard InChI is InChI=1S/C18H23FN2O4/c1-4-11(2)16(18(23)24-3)20-17(22)15-10-14(21-25-15)9-12-5-7-13(19)8-6-12/h5-8,11,15-16H,4,9-10H2,1-3H3,(H,20,22)/t11-,15-,16-/m0/s1. The van der Waals surface area contributed by atoms with Gasteiger partial charge in [0, 0.05) is 12.8 Å². The van der Waals surface area contributed by atoms with Gasteiger partial charge in [-0.05, 0) is 23.6 Å². The van der Waals surface area contributed by atoms with Crippen molar-refractivity contribution in [2.45, 2.75) is 45.3 Å². The van der Waals surface area contributed by atoms with Crippen molar-refractivity contribution in [1.82, 2.24) is 5.32 Å². The summed E-state index contributed by atoms with van der Waals surface area (Å²) in [6, 6.07) is 5.38. The van der Waals surface area contributed by atoms with Crippen molar-refractivity contribution in [2.24, 2.45) is 11.1 Å². The number of hydrogen-bond donors (Lipinski definition) is 1. The van der Waals surface area contributed by atoms with E-state index in [9.17, 15) is 14.0 Å². The van der Waals surface area contributed by atoms with Gasteiger partial charge in [0.05, 0.1) is 12.8 Å². The van der Waals surface area contributed by atoms with Crippen molar-refractivity contribution in [1.29, 1.82) is 0 Å². The van der Waals surface area contributed by atoms with Crippen molar-refractivity contribution in [3.05, 3.63) is 35.6 Å². The lowest BCUT2D eigenvalue weighted by molar-refractivity contribution is -0.148. The highest BCUT2D eigenvalue weighted by atomic mass is 19.1. The predicted octanol–water partition coefficient (Wildman–Crippen LogP) is 2.22. The Balaban J connectivity index is 1.91. The fourth-order valence-electron chi connectivity index (χ4n) is 2.55. The largest absolute Gasteiger partial charge is 0.467 e. The number of rotatable bonds is 7. The number of methoxy groups -OCH3 is 1. The average Bonchev–Trinajstić information content (AvgIpc) is 3.08. The molecule has 1 heterocycles. The van der Waals surface area contributed by atoms with Crippen LogP contribution in [0.4, 0.5) is 4.39 Å². The maximum atomic E-state index is 12.9. The number of oxime groups is 1. The minimum atomic E-state index is -0.772. The molecule has 1 aliphatic rings. The summed E-state index contributed by atoms with van der Waals surface area (Å²) in [4.78, 5) is 29.4. The second-order valence-electron chi connectivity index (χ2n) is 6.15. The smallest absolute Gasteiger partial charge is 0.328 e. The number of halogens is 1. The SMILES string of the molecule is CC[C@H](C)[C@H](NC(=O)[C@@H]1CC(Cc2ccc(F)cc2)=NO1)C(=O)OC. The first-order valence-electron chi connectivity index (χ1n) is 8.28. The van der Waals surface area contributed by atoms with Crippen molar-refractivity contribution in [2.75, 3.05) is 7.11 Å². The Labute approximate surface area is 146 Å². The van der Waals surface area contributed by atoms with Crippen molar-refractivity contribution < 1.29 is 23.6 Å². The number of ether oxygens (including phenoxy) is 1. The molecule has 0 bridgehead atoms. The van der Waals surface area contributed by atoms with Gasteiger partial charge in [-0.1, -0.05) is 37.6 Å². The van der Waals surface area contributed by atoms with Gasteiger partial charge in [0.2, 0.25) is 6.10 Å². The number of nitrogens with zero attached hydrogens (tertiary/aromatic N) is 1. The van der Waals surface area contributed by atoms with E-state index in [4.69, 9.17) is 9.57 Å². The number of benzene rings is 1. The van der Waals surface area contributed by atoms with E-state index in [1.807, 2.05) is 13.8 Å². The van der Waals surface area contributed by atoms with Crippen LogP contribution in [-0.2, 0) is 25.6 Å². The Hall–Kier alpha value is -2.44. The fraction of sp³-hybridized carbons (Fsp3) is 0.500. The minimum absolute atomic E-state index is 0.0580. The Morgan fingerprint density at radius 2 is 2.08 bits per heavy atom. The van der Waals surface area contributed by atoms with E-state index < -0.39 is 24.0 Å². The number of carbonyl (C=O) groups excluding carboxylic acids is 2. The molecule has 0 spiro atoms. The van der Waals surface area contributed by atoms with E-state index in [-0.39, 0.29) is 11.7 Å². The molecule has 0 fully saturated rings. The molecule has 0 aliphatic carbocycles. The zero-order valence-corrected chi connectivity index (χ0v) is 14.6. The van der Waals surface area contributed by atoms with Gasteiger partial charge in [-0.2, -0.15) is 0 Å². The third kappa shape index (κ3) is 5.01. The molecule has 2 rings (SSSR count). The van der Waals surface area contributed by atoms with Gasteiger partial charge in [-0.15, -0.1) is 0 Å². The minimum Gasteiger partial charge on any atom is -0.467 e. The van der Waals surface area contributed by atoms with Crippen LogP contribution in [0.15, 0.2) is 29.4 Å². The first kappa shape index (κ1) is 18.9. The average molecular weight is 350 g/mol. The van der Waals surface area contributed by atoms with Gasteiger partial charge in [-0.25, -0.2) is 9.18 Å². The Morgan fingerprint density at radius 1 is 1.40 bits per heavy atom. The molecule has 0 saturated carbocycles. The summed E-state index contributed by atoms with van der Waals surface area (Å²) in [5.41, 5.74) is 1.58. The number of carbonyl (C=O) groups is 2. The topological polar surface area (TPSA) is 77.0 Å². The summed E-state index contributed by atoms with van der Waals surface area (Å²) in [6.07, 6.45) is 0.761. The van der Waals surface area contributed by atoms with E-state index in [1.165, 1.54) is 19.2 Å².